The lowest BCUT2D eigenvalue weighted by molar-refractivity contribution is -0.119. The van der Waals surface area contributed by atoms with Crippen molar-refractivity contribution < 1.29 is 18.8 Å². The van der Waals surface area contributed by atoms with Gasteiger partial charge in [-0.3, -0.25) is 14.7 Å². The highest BCUT2D eigenvalue weighted by molar-refractivity contribution is 5.91. The molecule has 156 valence electrons. The zero-order valence-corrected chi connectivity index (χ0v) is 16.9. The van der Waals surface area contributed by atoms with Crippen LogP contribution in [0.4, 0.5) is 5.82 Å². The van der Waals surface area contributed by atoms with Gasteiger partial charge in [-0.1, -0.05) is 17.3 Å². The molecule has 9 nitrogen and oxygen atoms in total. The Morgan fingerprint density at radius 2 is 2.23 bits per heavy atom. The summed E-state index contributed by atoms with van der Waals surface area (Å²) < 4.78 is 16.2. The third kappa shape index (κ3) is 4.81. The molecule has 1 aromatic carbocycles. The van der Waals surface area contributed by atoms with Crippen molar-refractivity contribution in [2.75, 3.05) is 38.7 Å². The second-order valence-corrected chi connectivity index (χ2v) is 7.03. The highest BCUT2D eigenvalue weighted by Crippen LogP contribution is 2.25. The van der Waals surface area contributed by atoms with Crippen molar-refractivity contribution in [1.82, 2.24) is 20.0 Å². The molecule has 3 aromatic rings. The van der Waals surface area contributed by atoms with E-state index in [9.17, 15) is 4.79 Å². The summed E-state index contributed by atoms with van der Waals surface area (Å²) in [7, 11) is 1.63. The Hall–Kier alpha value is -3.30. The van der Waals surface area contributed by atoms with Crippen molar-refractivity contribution >= 4 is 11.7 Å². The predicted octanol–water partition coefficient (Wildman–Crippen LogP) is 2.46. The van der Waals surface area contributed by atoms with Crippen molar-refractivity contribution in [3.8, 4) is 17.0 Å². The minimum Gasteiger partial charge on any atom is -0.497 e. The molecule has 1 aliphatic rings. The molecule has 1 saturated heterocycles. The first-order valence-electron chi connectivity index (χ1n) is 9.64. The highest BCUT2D eigenvalue weighted by Gasteiger charge is 2.25. The molecule has 1 N–H and O–H groups in total. The van der Waals surface area contributed by atoms with Crippen LogP contribution in [0, 0.1) is 6.92 Å². The molecule has 3 heterocycles. The summed E-state index contributed by atoms with van der Waals surface area (Å²) in [6.07, 6.45) is 3.15. The molecule has 4 rings (SSSR count). The molecule has 0 aliphatic carbocycles. The lowest BCUT2D eigenvalue weighted by atomic mass is 10.1. The van der Waals surface area contributed by atoms with Gasteiger partial charge in [-0.2, -0.15) is 0 Å². The smallest absolute Gasteiger partial charge is 0.239 e. The Morgan fingerprint density at radius 3 is 3.03 bits per heavy atom. The van der Waals surface area contributed by atoms with Crippen molar-refractivity contribution in [2.24, 2.45) is 0 Å². The van der Waals surface area contributed by atoms with Crippen molar-refractivity contribution in [3.05, 3.63) is 54.2 Å². The lowest BCUT2D eigenvalue weighted by Gasteiger charge is -2.32. The largest absolute Gasteiger partial charge is 0.497 e. The summed E-state index contributed by atoms with van der Waals surface area (Å²) >= 11 is 0. The summed E-state index contributed by atoms with van der Waals surface area (Å²) in [5.41, 5.74) is 2.39. The quantitative estimate of drug-likeness (QED) is 0.662. The van der Waals surface area contributed by atoms with E-state index in [-0.39, 0.29) is 18.6 Å². The molecular formula is C21H23N5O4. The number of aryl methyl sites for hydroxylation is 1. The molecule has 0 spiro atoms. The van der Waals surface area contributed by atoms with Gasteiger partial charge in [0.05, 0.1) is 44.0 Å². The van der Waals surface area contributed by atoms with E-state index in [1.54, 1.807) is 32.5 Å². The van der Waals surface area contributed by atoms with E-state index in [1.165, 1.54) is 0 Å². The van der Waals surface area contributed by atoms with Gasteiger partial charge in [-0.15, -0.1) is 0 Å². The number of benzene rings is 1. The molecule has 1 atom stereocenters. The van der Waals surface area contributed by atoms with Crippen LogP contribution in [-0.4, -0.2) is 59.3 Å². The van der Waals surface area contributed by atoms with E-state index in [2.05, 4.69) is 15.5 Å². The fourth-order valence-electron chi connectivity index (χ4n) is 3.29. The Bertz CT molecular complexity index is 1020. The fraction of sp³-hybridized carbons (Fsp3) is 0.333. The van der Waals surface area contributed by atoms with E-state index >= 15 is 0 Å². The second-order valence-electron chi connectivity index (χ2n) is 7.03. The van der Waals surface area contributed by atoms with Crippen LogP contribution in [0.3, 0.4) is 0 Å². The number of hydrogen-bond acceptors (Lipinski definition) is 8. The maximum absolute atomic E-state index is 12.3. The average Bonchev–Trinajstić information content (AvgIpc) is 3.18. The maximum Gasteiger partial charge on any atom is 0.239 e. The number of ether oxygens (including phenoxy) is 2. The normalized spacial score (nSPS) is 16.9. The third-order valence-electron chi connectivity index (χ3n) is 4.76. The molecule has 30 heavy (non-hydrogen) atoms. The maximum atomic E-state index is 12.3. The zero-order chi connectivity index (χ0) is 20.9. The van der Waals surface area contributed by atoms with Gasteiger partial charge in [0, 0.05) is 24.7 Å². The minimum atomic E-state index is -0.265. The topological polar surface area (TPSA) is 103 Å². The van der Waals surface area contributed by atoms with Crippen LogP contribution in [0.15, 0.2) is 47.2 Å². The lowest BCUT2D eigenvalue weighted by Crippen LogP contribution is -2.42. The van der Waals surface area contributed by atoms with Crippen LogP contribution in [0.25, 0.3) is 11.3 Å². The van der Waals surface area contributed by atoms with Gasteiger partial charge in [0.25, 0.3) is 0 Å². The van der Waals surface area contributed by atoms with Crippen LogP contribution < -0.4 is 10.1 Å². The van der Waals surface area contributed by atoms with Gasteiger partial charge in [0.15, 0.2) is 5.82 Å². The molecular weight excluding hydrogens is 386 g/mol. The number of anilines is 1. The predicted molar refractivity (Wildman–Crippen MR) is 109 cm³/mol. The van der Waals surface area contributed by atoms with Gasteiger partial charge < -0.3 is 19.3 Å². The summed E-state index contributed by atoms with van der Waals surface area (Å²) in [4.78, 5) is 23.4. The first-order valence-corrected chi connectivity index (χ1v) is 9.64. The van der Waals surface area contributed by atoms with Crippen LogP contribution in [0.1, 0.15) is 17.6 Å². The van der Waals surface area contributed by atoms with Crippen LogP contribution in [-0.2, 0) is 9.53 Å². The number of rotatable bonds is 6. The number of aromatic nitrogens is 3. The number of nitrogens with zero attached hydrogens (tertiary/aromatic N) is 4. The Balaban J connectivity index is 1.42. The van der Waals surface area contributed by atoms with Crippen LogP contribution >= 0.6 is 0 Å². The number of carbonyl (C=O) groups excluding carboxylic acids is 1. The van der Waals surface area contributed by atoms with Gasteiger partial charge in [0.2, 0.25) is 5.91 Å². The van der Waals surface area contributed by atoms with E-state index in [4.69, 9.17) is 19.0 Å². The molecule has 1 aliphatic heterocycles. The summed E-state index contributed by atoms with van der Waals surface area (Å²) in [6.45, 7) is 3.71. The van der Waals surface area contributed by atoms with Crippen LogP contribution in [0.5, 0.6) is 5.75 Å². The van der Waals surface area contributed by atoms with Crippen LogP contribution in [0.2, 0.25) is 0 Å². The number of hydrogen-bond donors (Lipinski definition) is 1. The van der Waals surface area contributed by atoms with Crippen molar-refractivity contribution in [3.63, 3.8) is 0 Å². The zero-order valence-electron chi connectivity index (χ0n) is 16.9. The number of methoxy groups -OCH3 is 1. The summed E-state index contributed by atoms with van der Waals surface area (Å²) in [5, 5.41) is 6.52. The summed E-state index contributed by atoms with van der Waals surface area (Å²) in [6, 6.07) is 9.35. The molecule has 0 bridgehead atoms. The van der Waals surface area contributed by atoms with Crippen molar-refractivity contribution in [1.29, 1.82) is 0 Å². The minimum absolute atomic E-state index is 0.153. The Labute approximate surface area is 174 Å². The Morgan fingerprint density at radius 1 is 1.33 bits per heavy atom. The second kappa shape index (κ2) is 9.02. The fourth-order valence-corrected chi connectivity index (χ4v) is 3.29. The molecule has 9 heteroatoms. The van der Waals surface area contributed by atoms with E-state index < -0.39 is 0 Å². The first-order chi connectivity index (χ1) is 14.6. The number of nitrogens with one attached hydrogen (secondary N) is 1. The number of amides is 1. The molecule has 2 aromatic heterocycles. The van der Waals surface area contributed by atoms with E-state index in [1.807, 2.05) is 29.2 Å². The molecule has 0 saturated carbocycles. The third-order valence-corrected chi connectivity index (χ3v) is 4.76. The molecule has 1 unspecified atom stereocenters. The molecule has 1 amide bonds. The summed E-state index contributed by atoms with van der Waals surface area (Å²) in [5.74, 6) is 1.67. The Kier molecular flexibility index (Phi) is 6.01. The van der Waals surface area contributed by atoms with E-state index in [0.717, 1.165) is 22.7 Å². The SMILES string of the molecule is COc1cccc(-c2cncc(C3CN(CC(=O)Nc4cc(C)on4)CCO3)n2)c1. The number of carbonyl (C=O) groups is 1. The monoisotopic (exact) mass is 409 g/mol. The van der Waals surface area contributed by atoms with Gasteiger partial charge in [-0.05, 0) is 19.1 Å². The molecule has 0 radical (unpaired) electrons. The molecule has 1 fully saturated rings. The average molecular weight is 409 g/mol. The van der Waals surface area contributed by atoms with E-state index in [0.29, 0.717) is 31.3 Å². The number of morpholine rings is 1. The van der Waals surface area contributed by atoms with Gasteiger partial charge >= 0.3 is 0 Å². The van der Waals surface area contributed by atoms with Gasteiger partial charge in [0.1, 0.15) is 17.6 Å². The van der Waals surface area contributed by atoms with Gasteiger partial charge in [-0.25, -0.2) is 4.98 Å². The standard InChI is InChI=1S/C21H23N5O4/c1-14-8-20(25-30-14)24-21(27)13-26-6-7-29-19(12-26)18-11-22-10-17(23-18)15-4-3-5-16(9-15)28-2/h3-5,8-11,19H,6-7,12-13H2,1-2H3,(H,24,25,27). The first kappa shape index (κ1) is 20.0. The van der Waals surface area contributed by atoms with Crippen molar-refractivity contribution in [2.45, 2.75) is 13.0 Å². The highest BCUT2D eigenvalue weighted by atomic mass is 16.5.